The summed E-state index contributed by atoms with van der Waals surface area (Å²) in [5.41, 5.74) is 1.62. The van der Waals surface area contributed by atoms with Crippen molar-refractivity contribution in [2.24, 2.45) is 5.41 Å². The van der Waals surface area contributed by atoms with Crippen molar-refractivity contribution in [2.45, 2.75) is 58.5 Å². The van der Waals surface area contributed by atoms with Gasteiger partial charge in [-0.15, -0.1) is 0 Å². The van der Waals surface area contributed by atoms with E-state index in [1.807, 2.05) is 6.92 Å². The van der Waals surface area contributed by atoms with Gasteiger partial charge < -0.3 is 14.3 Å². The summed E-state index contributed by atoms with van der Waals surface area (Å²) in [5, 5.41) is 8.08. The molecule has 2 fully saturated rings. The largest absolute Gasteiger partial charge is 0.339 e. The van der Waals surface area contributed by atoms with E-state index in [9.17, 15) is 4.79 Å². The molecule has 1 saturated carbocycles. The highest BCUT2D eigenvalue weighted by molar-refractivity contribution is 7.07. The van der Waals surface area contributed by atoms with E-state index >= 15 is 0 Å². The Morgan fingerprint density at radius 1 is 1.44 bits per heavy atom. The first kappa shape index (κ1) is 18.6. The number of hydrogen-bond acceptors (Lipinski definition) is 6. The fourth-order valence-corrected chi connectivity index (χ4v) is 5.10. The average molecular weight is 389 g/mol. The third-order valence-corrected chi connectivity index (χ3v) is 6.88. The fourth-order valence-electron chi connectivity index (χ4n) is 4.44. The normalized spacial score (nSPS) is 21.5. The summed E-state index contributed by atoms with van der Waals surface area (Å²) in [5.74, 6) is 1.66. The van der Waals surface area contributed by atoms with Gasteiger partial charge in [0, 0.05) is 25.9 Å². The quantitative estimate of drug-likeness (QED) is 0.728. The number of aryl methyl sites for hydroxylation is 2. The highest BCUT2D eigenvalue weighted by atomic mass is 32.1. The standard InChI is InChI=1S/C20H28N4O2S/c1-15-21-19(26-22-15)4-3-8-23-9-6-20(7-10-23)12-18(20)24(16(2)25)13-17-5-11-27-14-17/h5,11,14,18H,3-4,6-10,12-13H2,1-2H3/t18-/m1/s1. The molecular weight excluding hydrogens is 360 g/mol. The SMILES string of the molecule is CC(=O)N(Cc1ccsc1)[C@@H]1CC12CCN(CCCc1nc(C)no1)CC2. The van der Waals surface area contributed by atoms with Gasteiger partial charge in [-0.05, 0) is 80.0 Å². The Labute approximate surface area is 164 Å². The number of carbonyl (C=O) groups is 1. The number of thiophene rings is 1. The first-order chi connectivity index (χ1) is 13.1. The lowest BCUT2D eigenvalue weighted by Gasteiger charge is -2.34. The second kappa shape index (κ2) is 7.72. The molecule has 0 bridgehead atoms. The minimum atomic E-state index is 0.209. The molecule has 2 aromatic heterocycles. The van der Waals surface area contributed by atoms with Crippen LogP contribution in [0, 0.1) is 12.3 Å². The van der Waals surface area contributed by atoms with Crippen LogP contribution in [0.3, 0.4) is 0 Å². The van der Waals surface area contributed by atoms with Crippen molar-refractivity contribution in [2.75, 3.05) is 19.6 Å². The predicted octanol–water partition coefficient (Wildman–Crippen LogP) is 3.28. The third-order valence-electron chi connectivity index (χ3n) is 6.15. The number of rotatable bonds is 7. The van der Waals surface area contributed by atoms with E-state index in [0.29, 0.717) is 17.3 Å². The molecule has 2 aromatic rings. The molecule has 0 unspecified atom stereocenters. The van der Waals surface area contributed by atoms with E-state index in [1.165, 1.54) is 24.8 Å². The Morgan fingerprint density at radius 3 is 2.89 bits per heavy atom. The molecule has 146 valence electrons. The van der Waals surface area contributed by atoms with E-state index < -0.39 is 0 Å². The topological polar surface area (TPSA) is 62.5 Å². The van der Waals surface area contributed by atoms with Gasteiger partial charge in [0.15, 0.2) is 5.82 Å². The van der Waals surface area contributed by atoms with Gasteiger partial charge in [-0.25, -0.2) is 0 Å². The van der Waals surface area contributed by atoms with Gasteiger partial charge in [0.25, 0.3) is 0 Å². The first-order valence-corrected chi connectivity index (χ1v) is 10.8. The zero-order valence-corrected chi connectivity index (χ0v) is 17.0. The number of amides is 1. The van der Waals surface area contributed by atoms with E-state index in [2.05, 4.69) is 36.8 Å². The van der Waals surface area contributed by atoms with Crippen LogP contribution in [0.1, 0.15) is 49.9 Å². The van der Waals surface area contributed by atoms with Crippen LogP contribution in [0.5, 0.6) is 0 Å². The lowest BCUT2D eigenvalue weighted by atomic mass is 9.92. The van der Waals surface area contributed by atoms with Crippen LogP contribution >= 0.6 is 11.3 Å². The number of piperidine rings is 1. The molecule has 1 amide bonds. The van der Waals surface area contributed by atoms with E-state index in [1.54, 1.807) is 18.3 Å². The van der Waals surface area contributed by atoms with Gasteiger partial charge in [0.1, 0.15) is 0 Å². The second-order valence-corrected chi connectivity index (χ2v) is 8.82. The third kappa shape index (κ3) is 4.24. The van der Waals surface area contributed by atoms with Crippen LogP contribution in [0.4, 0.5) is 0 Å². The monoisotopic (exact) mass is 388 g/mol. The van der Waals surface area contributed by atoms with Gasteiger partial charge in [0.2, 0.25) is 11.8 Å². The summed E-state index contributed by atoms with van der Waals surface area (Å²) in [7, 11) is 0. The zero-order valence-electron chi connectivity index (χ0n) is 16.2. The Balaban J connectivity index is 1.24. The van der Waals surface area contributed by atoms with Crippen molar-refractivity contribution >= 4 is 17.2 Å². The maximum absolute atomic E-state index is 12.2. The highest BCUT2D eigenvalue weighted by Crippen LogP contribution is 2.57. The molecule has 1 saturated heterocycles. The maximum Gasteiger partial charge on any atom is 0.226 e. The number of likely N-dealkylation sites (tertiary alicyclic amines) is 1. The number of carbonyl (C=O) groups excluding carboxylic acids is 1. The molecule has 0 N–H and O–H groups in total. The summed E-state index contributed by atoms with van der Waals surface area (Å²) in [6.07, 6.45) is 5.47. The Morgan fingerprint density at radius 2 is 2.26 bits per heavy atom. The number of nitrogens with zero attached hydrogens (tertiary/aromatic N) is 4. The zero-order chi connectivity index (χ0) is 18.9. The van der Waals surface area contributed by atoms with E-state index in [4.69, 9.17) is 4.52 Å². The molecular formula is C20H28N4O2S. The minimum Gasteiger partial charge on any atom is -0.339 e. The van der Waals surface area contributed by atoms with Crippen LogP contribution in [-0.2, 0) is 17.8 Å². The molecule has 3 heterocycles. The first-order valence-electron chi connectivity index (χ1n) is 9.86. The molecule has 0 radical (unpaired) electrons. The summed E-state index contributed by atoms with van der Waals surface area (Å²) in [6, 6.07) is 2.56. The molecule has 1 atom stereocenters. The Hall–Kier alpha value is -1.73. The molecule has 6 nitrogen and oxygen atoms in total. The lowest BCUT2D eigenvalue weighted by molar-refractivity contribution is -0.130. The summed E-state index contributed by atoms with van der Waals surface area (Å²) in [6.45, 7) is 7.66. The van der Waals surface area contributed by atoms with Gasteiger partial charge in [-0.3, -0.25) is 4.79 Å². The van der Waals surface area contributed by atoms with Crippen LogP contribution < -0.4 is 0 Å². The molecule has 1 spiro atoms. The average Bonchev–Trinajstić information content (AvgIpc) is 3.01. The van der Waals surface area contributed by atoms with Crippen molar-refractivity contribution in [1.82, 2.24) is 19.9 Å². The van der Waals surface area contributed by atoms with Gasteiger partial charge in [-0.1, -0.05) is 5.16 Å². The molecule has 7 heteroatoms. The van der Waals surface area contributed by atoms with Gasteiger partial charge in [0.05, 0.1) is 0 Å². The van der Waals surface area contributed by atoms with Crippen molar-refractivity contribution in [1.29, 1.82) is 0 Å². The van der Waals surface area contributed by atoms with Gasteiger partial charge in [-0.2, -0.15) is 16.3 Å². The van der Waals surface area contributed by atoms with Crippen LogP contribution in [0.25, 0.3) is 0 Å². The Kier molecular flexibility index (Phi) is 5.32. The number of aromatic nitrogens is 2. The van der Waals surface area contributed by atoms with Crippen LogP contribution in [0.2, 0.25) is 0 Å². The minimum absolute atomic E-state index is 0.209. The maximum atomic E-state index is 12.2. The van der Waals surface area contributed by atoms with Crippen LogP contribution in [-0.4, -0.2) is 51.5 Å². The second-order valence-electron chi connectivity index (χ2n) is 8.04. The molecule has 1 aliphatic carbocycles. The summed E-state index contributed by atoms with van der Waals surface area (Å²) in [4.78, 5) is 21.1. The Bertz CT molecular complexity index is 765. The highest BCUT2D eigenvalue weighted by Gasteiger charge is 2.58. The van der Waals surface area contributed by atoms with Crippen molar-refractivity contribution in [3.8, 4) is 0 Å². The fraction of sp³-hybridized carbons (Fsp3) is 0.650. The van der Waals surface area contributed by atoms with Gasteiger partial charge >= 0.3 is 0 Å². The molecule has 27 heavy (non-hydrogen) atoms. The molecule has 0 aromatic carbocycles. The van der Waals surface area contributed by atoms with Crippen LogP contribution in [0.15, 0.2) is 21.3 Å². The summed E-state index contributed by atoms with van der Waals surface area (Å²) >= 11 is 1.70. The predicted molar refractivity (Wildman–Crippen MR) is 104 cm³/mol. The van der Waals surface area contributed by atoms with Crippen molar-refractivity contribution in [3.63, 3.8) is 0 Å². The molecule has 2 aliphatic rings. The molecule has 4 rings (SSSR count). The van der Waals surface area contributed by atoms with Crippen molar-refractivity contribution in [3.05, 3.63) is 34.1 Å². The molecule has 1 aliphatic heterocycles. The summed E-state index contributed by atoms with van der Waals surface area (Å²) < 4.78 is 5.19. The van der Waals surface area contributed by atoms with E-state index in [-0.39, 0.29) is 5.91 Å². The smallest absolute Gasteiger partial charge is 0.226 e. The van der Waals surface area contributed by atoms with E-state index in [0.717, 1.165) is 44.9 Å². The number of hydrogen-bond donors (Lipinski definition) is 0. The lowest BCUT2D eigenvalue weighted by Crippen LogP contribution is -2.40. The van der Waals surface area contributed by atoms with Crippen molar-refractivity contribution < 1.29 is 9.32 Å².